The fourth-order valence-corrected chi connectivity index (χ4v) is 3.68. The van der Waals surface area contributed by atoms with Crippen LogP contribution >= 0.6 is 23.2 Å². The lowest BCUT2D eigenvalue weighted by Gasteiger charge is -2.35. The number of anilines is 2. The van der Waals surface area contributed by atoms with E-state index in [2.05, 4.69) is 26.5 Å². The fraction of sp³-hybridized carbons (Fsp3) is 0.389. The van der Waals surface area contributed by atoms with Crippen molar-refractivity contribution in [2.24, 2.45) is 0 Å². The third-order valence-corrected chi connectivity index (χ3v) is 5.61. The van der Waals surface area contributed by atoms with Gasteiger partial charge in [0.2, 0.25) is 0 Å². The molecule has 0 radical (unpaired) electrons. The van der Waals surface area contributed by atoms with Crippen LogP contribution in [-0.2, 0) is 12.8 Å². The lowest BCUT2D eigenvalue weighted by Crippen LogP contribution is -2.50. The first-order valence-corrected chi connectivity index (χ1v) is 9.47. The molecule has 0 bridgehead atoms. The Bertz CT molecular complexity index is 836. The second-order valence-electron chi connectivity index (χ2n) is 6.56. The number of fused-ring (bicyclic) bond motifs is 1. The van der Waals surface area contributed by atoms with Crippen molar-refractivity contribution in [2.45, 2.75) is 19.3 Å². The average molecular weight is 392 g/mol. The van der Waals surface area contributed by atoms with Crippen LogP contribution in [0.15, 0.2) is 24.3 Å². The number of carbonyl (C=O) groups is 1. The third kappa shape index (κ3) is 3.57. The first kappa shape index (κ1) is 17.4. The highest BCUT2D eigenvalue weighted by atomic mass is 35.5. The number of halogens is 2. The molecule has 2 amide bonds. The first-order chi connectivity index (χ1) is 12.6. The van der Waals surface area contributed by atoms with E-state index in [1.54, 1.807) is 23.1 Å². The lowest BCUT2D eigenvalue weighted by atomic mass is 10.2. The van der Waals surface area contributed by atoms with Gasteiger partial charge < -0.3 is 15.1 Å². The maximum Gasteiger partial charge on any atom is 0.321 e. The van der Waals surface area contributed by atoms with Crippen molar-refractivity contribution in [3.8, 4) is 0 Å². The molecule has 4 rings (SSSR count). The number of carbonyl (C=O) groups excluding carboxylic acids is 1. The van der Waals surface area contributed by atoms with E-state index >= 15 is 0 Å². The maximum absolute atomic E-state index is 12.5. The maximum atomic E-state index is 12.5. The van der Waals surface area contributed by atoms with Crippen LogP contribution in [0.3, 0.4) is 0 Å². The number of hydrogen-bond acceptors (Lipinski definition) is 4. The quantitative estimate of drug-likeness (QED) is 0.848. The molecule has 8 heteroatoms. The van der Waals surface area contributed by atoms with Crippen molar-refractivity contribution in [2.75, 3.05) is 36.4 Å². The van der Waals surface area contributed by atoms with E-state index in [1.807, 2.05) is 0 Å². The number of urea groups is 1. The molecule has 1 aliphatic heterocycles. The van der Waals surface area contributed by atoms with Gasteiger partial charge in [0.15, 0.2) is 5.82 Å². The van der Waals surface area contributed by atoms with Crippen molar-refractivity contribution < 1.29 is 4.79 Å². The van der Waals surface area contributed by atoms with Crippen LogP contribution in [0.2, 0.25) is 10.0 Å². The molecular weight excluding hydrogens is 373 g/mol. The van der Waals surface area contributed by atoms with Gasteiger partial charge >= 0.3 is 6.03 Å². The number of amides is 2. The third-order valence-electron chi connectivity index (χ3n) is 4.87. The van der Waals surface area contributed by atoms with Gasteiger partial charge in [-0.3, -0.25) is 0 Å². The highest BCUT2D eigenvalue weighted by Crippen LogP contribution is 2.26. The van der Waals surface area contributed by atoms with Crippen LogP contribution in [0.4, 0.5) is 16.3 Å². The molecule has 0 saturated carbocycles. The second-order valence-corrected chi connectivity index (χ2v) is 7.38. The summed E-state index contributed by atoms with van der Waals surface area (Å²) in [6.07, 6.45) is 3.28. The minimum Gasteiger partial charge on any atom is -0.352 e. The van der Waals surface area contributed by atoms with E-state index in [0.717, 1.165) is 43.9 Å². The molecule has 2 aromatic rings. The minimum absolute atomic E-state index is 0.136. The number of piperazine rings is 1. The molecule has 1 fully saturated rings. The minimum atomic E-state index is -0.136. The molecule has 0 unspecified atom stereocenters. The predicted molar refractivity (Wildman–Crippen MR) is 103 cm³/mol. The van der Waals surface area contributed by atoms with Crippen molar-refractivity contribution in [1.29, 1.82) is 0 Å². The molecule has 2 aliphatic rings. The first-order valence-electron chi connectivity index (χ1n) is 8.71. The van der Waals surface area contributed by atoms with Gasteiger partial charge in [0.25, 0.3) is 0 Å². The van der Waals surface area contributed by atoms with Gasteiger partial charge in [-0.1, -0.05) is 23.2 Å². The fourth-order valence-electron chi connectivity index (χ4n) is 3.39. The van der Waals surface area contributed by atoms with E-state index in [1.165, 1.54) is 5.56 Å². The van der Waals surface area contributed by atoms with Crippen LogP contribution < -0.4 is 10.2 Å². The topological polar surface area (TPSA) is 61.4 Å². The summed E-state index contributed by atoms with van der Waals surface area (Å²) in [5.41, 5.74) is 3.08. The Morgan fingerprint density at radius 2 is 1.81 bits per heavy atom. The van der Waals surface area contributed by atoms with Gasteiger partial charge in [-0.2, -0.15) is 5.10 Å². The Kier molecular flexibility index (Phi) is 4.87. The number of nitrogens with zero attached hydrogens (tertiary/aromatic N) is 4. The molecule has 136 valence electrons. The number of aryl methyl sites for hydroxylation is 2. The Hall–Kier alpha value is -2.05. The van der Waals surface area contributed by atoms with E-state index in [9.17, 15) is 4.79 Å². The Morgan fingerprint density at radius 1 is 1.00 bits per heavy atom. The zero-order valence-electron chi connectivity index (χ0n) is 14.2. The molecule has 0 spiro atoms. The van der Waals surface area contributed by atoms with E-state index in [4.69, 9.17) is 23.2 Å². The number of rotatable bonds is 2. The molecule has 1 aliphatic carbocycles. The second kappa shape index (κ2) is 7.29. The van der Waals surface area contributed by atoms with Gasteiger partial charge in [0.1, 0.15) is 0 Å². The van der Waals surface area contributed by atoms with Crippen LogP contribution in [0.5, 0.6) is 0 Å². The highest BCUT2D eigenvalue weighted by Gasteiger charge is 2.23. The Morgan fingerprint density at radius 3 is 2.58 bits per heavy atom. The van der Waals surface area contributed by atoms with Crippen molar-refractivity contribution in [1.82, 2.24) is 15.1 Å². The van der Waals surface area contributed by atoms with Gasteiger partial charge in [0.05, 0.1) is 15.7 Å². The molecule has 26 heavy (non-hydrogen) atoms. The lowest BCUT2D eigenvalue weighted by molar-refractivity contribution is 0.208. The molecule has 1 N–H and O–H groups in total. The summed E-state index contributed by atoms with van der Waals surface area (Å²) >= 11 is 11.9. The Balaban J connectivity index is 1.35. The number of aromatic nitrogens is 2. The van der Waals surface area contributed by atoms with Crippen LogP contribution in [0.25, 0.3) is 0 Å². The number of nitrogens with one attached hydrogen (secondary N) is 1. The van der Waals surface area contributed by atoms with Gasteiger partial charge in [-0.25, -0.2) is 4.79 Å². The Labute approximate surface area is 162 Å². The monoisotopic (exact) mass is 391 g/mol. The predicted octanol–water partition coefficient (Wildman–Crippen LogP) is 3.63. The smallest absolute Gasteiger partial charge is 0.321 e. The summed E-state index contributed by atoms with van der Waals surface area (Å²) in [4.78, 5) is 16.4. The largest absolute Gasteiger partial charge is 0.352 e. The molecule has 2 heterocycles. The zero-order chi connectivity index (χ0) is 18.1. The van der Waals surface area contributed by atoms with E-state index in [0.29, 0.717) is 28.8 Å². The van der Waals surface area contributed by atoms with Crippen LogP contribution in [0.1, 0.15) is 17.7 Å². The van der Waals surface area contributed by atoms with E-state index in [-0.39, 0.29) is 6.03 Å². The molecule has 1 aromatic heterocycles. The number of benzene rings is 1. The SMILES string of the molecule is O=C(Nc1ccc(Cl)c(Cl)c1)N1CCN(c2cc3c(nn2)CCC3)CC1. The highest BCUT2D eigenvalue weighted by molar-refractivity contribution is 6.42. The normalized spacial score (nSPS) is 16.5. The summed E-state index contributed by atoms with van der Waals surface area (Å²) in [7, 11) is 0. The van der Waals surface area contributed by atoms with E-state index < -0.39 is 0 Å². The number of hydrogen-bond donors (Lipinski definition) is 1. The van der Waals surface area contributed by atoms with Gasteiger partial charge in [0, 0.05) is 31.9 Å². The summed E-state index contributed by atoms with van der Waals surface area (Å²) in [5.74, 6) is 0.912. The molecule has 1 saturated heterocycles. The molecule has 0 atom stereocenters. The standard InChI is InChI=1S/C18H19Cl2N5O/c19-14-5-4-13(11-15(14)20)21-18(26)25-8-6-24(7-9-25)17-10-12-2-1-3-16(12)22-23-17/h4-5,10-11H,1-3,6-9H2,(H,21,26). The average Bonchev–Trinajstić information content (AvgIpc) is 3.12. The summed E-state index contributed by atoms with van der Waals surface area (Å²) in [6.45, 7) is 2.74. The van der Waals surface area contributed by atoms with Gasteiger partial charge in [-0.15, -0.1) is 5.10 Å². The van der Waals surface area contributed by atoms with Crippen LogP contribution in [0, 0.1) is 0 Å². The van der Waals surface area contributed by atoms with Gasteiger partial charge in [-0.05, 0) is 49.1 Å². The summed E-state index contributed by atoms with van der Waals surface area (Å²) in [6, 6.07) is 7.08. The van der Waals surface area contributed by atoms with Crippen molar-refractivity contribution >= 4 is 40.7 Å². The van der Waals surface area contributed by atoms with Crippen molar-refractivity contribution in [3.63, 3.8) is 0 Å². The van der Waals surface area contributed by atoms with Crippen LogP contribution in [-0.4, -0.2) is 47.3 Å². The zero-order valence-corrected chi connectivity index (χ0v) is 15.7. The molecule has 1 aromatic carbocycles. The summed E-state index contributed by atoms with van der Waals surface area (Å²) in [5, 5.41) is 12.5. The summed E-state index contributed by atoms with van der Waals surface area (Å²) < 4.78 is 0. The van der Waals surface area contributed by atoms with Crippen molar-refractivity contribution in [3.05, 3.63) is 45.6 Å². The molecular formula is C18H19Cl2N5O. The molecule has 6 nitrogen and oxygen atoms in total.